The molecule has 1 aliphatic rings. The van der Waals surface area contributed by atoms with Crippen LogP contribution < -0.4 is 10.1 Å². The summed E-state index contributed by atoms with van der Waals surface area (Å²) in [6.45, 7) is 9.58. The Balaban J connectivity index is 2.14. The van der Waals surface area contributed by atoms with Gasteiger partial charge in [0, 0.05) is 12.5 Å². The number of ether oxygens (including phenoxy) is 1. The molecule has 1 aromatic heterocycles. The summed E-state index contributed by atoms with van der Waals surface area (Å²) in [5.74, 6) is 3.55. The highest BCUT2D eigenvalue weighted by Crippen LogP contribution is 2.32. The van der Waals surface area contributed by atoms with Crippen LogP contribution in [0.25, 0.3) is 0 Å². The number of hydrogen-bond acceptors (Lipinski definition) is 4. The maximum absolute atomic E-state index is 6.25. The van der Waals surface area contributed by atoms with E-state index in [0.717, 1.165) is 48.5 Å². The van der Waals surface area contributed by atoms with Crippen LogP contribution in [0, 0.1) is 11.8 Å². The van der Waals surface area contributed by atoms with E-state index in [2.05, 4.69) is 43.0 Å². The van der Waals surface area contributed by atoms with Gasteiger partial charge in [-0.3, -0.25) is 0 Å². The molecule has 1 heterocycles. The van der Waals surface area contributed by atoms with Gasteiger partial charge in [-0.1, -0.05) is 27.7 Å². The first-order valence-corrected chi connectivity index (χ1v) is 8.16. The Morgan fingerprint density at radius 2 is 1.90 bits per heavy atom. The topological polar surface area (TPSA) is 47.0 Å². The van der Waals surface area contributed by atoms with Crippen molar-refractivity contribution in [1.29, 1.82) is 0 Å². The predicted molar refractivity (Wildman–Crippen MR) is 85.5 cm³/mol. The van der Waals surface area contributed by atoms with E-state index in [9.17, 15) is 0 Å². The van der Waals surface area contributed by atoms with Gasteiger partial charge in [0.2, 0.25) is 0 Å². The number of hydrogen-bond donors (Lipinski definition) is 1. The lowest BCUT2D eigenvalue weighted by Crippen LogP contribution is -2.29. The average molecular weight is 291 g/mol. The maximum atomic E-state index is 6.25. The Kier molecular flexibility index (Phi) is 5.57. The van der Waals surface area contributed by atoms with Gasteiger partial charge in [0.25, 0.3) is 0 Å². The van der Waals surface area contributed by atoms with Crippen LogP contribution in [0.4, 0.5) is 0 Å². The molecule has 0 radical (unpaired) electrons. The van der Waals surface area contributed by atoms with Crippen LogP contribution >= 0.6 is 0 Å². The Morgan fingerprint density at radius 1 is 1.24 bits per heavy atom. The van der Waals surface area contributed by atoms with Gasteiger partial charge in [-0.25, -0.2) is 9.97 Å². The lowest BCUT2D eigenvalue weighted by molar-refractivity contribution is 0.0990. The zero-order valence-corrected chi connectivity index (χ0v) is 14.0. The summed E-state index contributed by atoms with van der Waals surface area (Å²) in [6.07, 6.45) is 5.74. The second-order valence-electron chi connectivity index (χ2n) is 6.88. The normalized spacial score (nSPS) is 26.1. The van der Waals surface area contributed by atoms with Crippen molar-refractivity contribution in [3.05, 3.63) is 17.7 Å². The molecule has 0 amide bonds. The fourth-order valence-electron chi connectivity index (χ4n) is 3.24. The van der Waals surface area contributed by atoms with E-state index in [1.807, 2.05) is 13.2 Å². The standard InChI is InChI=1S/C17H29N3O/c1-11(2)17-19-10-16(15(20-17)9-18-5)21-14-7-12(3)6-13(4)8-14/h10-14,18H,6-9H2,1-5H3. The molecule has 2 unspecified atom stereocenters. The van der Waals surface area contributed by atoms with Gasteiger partial charge in [-0.15, -0.1) is 0 Å². The second kappa shape index (κ2) is 7.21. The number of nitrogens with zero attached hydrogens (tertiary/aromatic N) is 2. The van der Waals surface area contributed by atoms with Crippen molar-refractivity contribution in [3.63, 3.8) is 0 Å². The van der Waals surface area contributed by atoms with Crippen LogP contribution in [0.3, 0.4) is 0 Å². The smallest absolute Gasteiger partial charge is 0.160 e. The first kappa shape index (κ1) is 16.2. The van der Waals surface area contributed by atoms with Crippen LogP contribution in [-0.4, -0.2) is 23.1 Å². The summed E-state index contributed by atoms with van der Waals surface area (Å²) in [5, 5.41) is 3.18. The third kappa shape index (κ3) is 4.40. The van der Waals surface area contributed by atoms with Crippen molar-refractivity contribution in [2.75, 3.05) is 7.05 Å². The molecule has 1 fully saturated rings. The highest BCUT2D eigenvalue weighted by atomic mass is 16.5. The molecule has 4 nitrogen and oxygen atoms in total. The third-order valence-corrected chi connectivity index (χ3v) is 4.14. The molecule has 1 saturated carbocycles. The van der Waals surface area contributed by atoms with E-state index in [0.29, 0.717) is 12.0 Å². The van der Waals surface area contributed by atoms with Gasteiger partial charge in [-0.05, 0) is 38.1 Å². The molecule has 4 heteroatoms. The van der Waals surface area contributed by atoms with Crippen LogP contribution in [0.1, 0.15) is 64.4 Å². The summed E-state index contributed by atoms with van der Waals surface area (Å²) in [7, 11) is 1.94. The van der Waals surface area contributed by atoms with Gasteiger partial charge in [0.15, 0.2) is 5.75 Å². The molecule has 1 aromatic rings. The lowest BCUT2D eigenvalue weighted by atomic mass is 9.82. The van der Waals surface area contributed by atoms with Crippen molar-refractivity contribution < 1.29 is 4.74 Å². The molecular weight excluding hydrogens is 262 g/mol. The van der Waals surface area contributed by atoms with E-state index in [4.69, 9.17) is 4.74 Å². The molecular formula is C17H29N3O. The fraction of sp³-hybridized carbons (Fsp3) is 0.765. The minimum absolute atomic E-state index is 0.299. The molecule has 0 spiro atoms. The van der Waals surface area contributed by atoms with Crippen LogP contribution in [0.5, 0.6) is 5.75 Å². The molecule has 1 N–H and O–H groups in total. The monoisotopic (exact) mass is 291 g/mol. The van der Waals surface area contributed by atoms with E-state index >= 15 is 0 Å². The zero-order chi connectivity index (χ0) is 15.4. The molecule has 0 aromatic carbocycles. The minimum Gasteiger partial charge on any atom is -0.487 e. The lowest BCUT2D eigenvalue weighted by Gasteiger charge is -2.32. The van der Waals surface area contributed by atoms with Crippen LogP contribution in [0.2, 0.25) is 0 Å². The van der Waals surface area contributed by atoms with Gasteiger partial charge in [-0.2, -0.15) is 0 Å². The zero-order valence-electron chi connectivity index (χ0n) is 14.0. The largest absolute Gasteiger partial charge is 0.487 e. The molecule has 118 valence electrons. The number of rotatable bonds is 5. The van der Waals surface area contributed by atoms with E-state index in [1.165, 1.54) is 6.42 Å². The molecule has 0 saturated heterocycles. The Bertz CT molecular complexity index is 451. The summed E-state index contributed by atoms with van der Waals surface area (Å²) < 4.78 is 6.25. The quantitative estimate of drug-likeness (QED) is 0.901. The second-order valence-corrected chi connectivity index (χ2v) is 6.88. The van der Waals surface area contributed by atoms with Crippen molar-refractivity contribution in [3.8, 4) is 5.75 Å². The van der Waals surface area contributed by atoms with Crippen LogP contribution in [0.15, 0.2) is 6.20 Å². The Labute approximate surface area is 128 Å². The Morgan fingerprint density at radius 3 is 2.48 bits per heavy atom. The molecule has 2 atom stereocenters. The molecule has 0 bridgehead atoms. The third-order valence-electron chi connectivity index (χ3n) is 4.14. The van der Waals surface area contributed by atoms with Gasteiger partial charge >= 0.3 is 0 Å². The maximum Gasteiger partial charge on any atom is 0.160 e. The van der Waals surface area contributed by atoms with Crippen molar-refractivity contribution in [1.82, 2.24) is 15.3 Å². The highest BCUT2D eigenvalue weighted by molar-refractivity contribution is 5.25. The van der Waals surface area contributed by atoms with Crippen LogP contribution in [-0.2, 0) is 6.54 Å². The first-order chi connectivity index (χ1) is 9.99. The average Bonchev–Trinajstić information content (AvgIpc) is 2.39. The minimum atomic E-state index is 0.299. The number of aromatic nitrogens is 2. The molecule has 0 aliphatic heterocycles. The Hall–Kier alpha value is -1.16. The van der Waals surface area contributed by atoms with Crippen molar-refractivity contribution in [2.24, 2.45) is 11.8 Å². The summed E-state index contributed by atoms with van der Waals surface area (Å²) in [6, 6.07) is 0. The van der Waals surface area contributed by atoms with E-state index in [1.54, 1.807) is 0 Å². The highest BCUT2D eigenvalue weighted by Gasteiger charge is 2.26. The number of nitrogens with one attached hydrogen (secondary N) is 1. The van der Waals surface area contributed by atoms with Crippen molar-refractivity contribution >= 4 is 0 Å². The summed E-state index contributed by atoms with van der Waals surface area (Å²) in [5.41, 5.74) is 0.974. The molecule has 21 heavy (non-hydrogen) atoms. The summed E-state index contributed by atoms with van der Waals surface area (Å²) in [4.78, 5) is 9.13. The fourth-order valence-corrected chi connectivity index (χ4v) is 3.24. The van der Waals surface area contributed by atoms with E-state index in [-0.39, 0.29) is 0 Å². The van der Waals surface area contributed by atoms with Gasteiger partial charge < -0.3 is 10.1 Å². The van der Waals surface area contributed by atoms with Gasteiger partial charge in [0.05, 0.1) is 18.0 Å². The summed E-state index contributed by atoms with van der Waals surface area (Å²) >= 11 is 0. The molecule has 2 rings (SSSR count). The van der Waals surface area contributed by atoms with E-state index < -0.39 is 0 Å². The van der Waals surface area contributed by atoms with Gasteiger partial charge in [0.1, 0.15) is 5.82 Å². The SMILES string of the molecule is CNCc1nc(C(C)C)ncc1OC1CC(C)CC(C)C1. The predicted octanol–water partition coefficient (Wildman–Crippen LogP) is 3.52. The van der Waals surface area contributed by atoms with Crippen molar-refractivity contribution in [2.45, 2.75) is 65.5 Å². The first-order valence-electron chi connectivity index (χ1n) is 8.16. The molecule has 1 aliphatic carbocycles.